The number of carbonyl (C=O) groups is 1. The minimum absolute atomic E-state index is 0.166. The number of carboxylic acids is 1. The van der Waals surface area contributed by atoms with Gasteiger partial charge in [-0.25, -0.2) is 0 Å². The number of unbranched alkanes of at least 4 members (excludes halogenated alkanes) is 8. The summed E-state index contributed by atoms with van der Waals surface area (Å²) in [5.41, 5.74) is 2.90. The van der Waals surface area contributed by atoms with Crippen LogP contribution in [0.5, 0.6) is 0 Å². The van der Waals surface area contributed by atoms with Crippen molar-refractivity contribution in [3.63, 3.8) is 0 Å². The zero-order valence-corrected chi connectivity index (χ0v) is 16.3. The second-order valence-corrected chi connectivity index (χ2v) is 6.79. The van der Waals surface area contributed by atoms with Gasteiger partial charge in [-0.3, -0.25) is 4.79 Å². The van der Waals surface area contributed by atoms with Crippen LogP contribution in [0.4, 0.5) is 0 Å². The fourth-order valence-corrected chi connectivity index (χ4v) is 2.72. The highest BCUT2D eigenvalue weighted by Gasteiger charge is 1.95. The van der Waals surface area contributed by atoms with E-state index in [0.717, 1.165) is 6.42 Å². The molecule has 2 N–H and O–H groups in total. The van der Waals surface area contributed by atoms with Crippen LogP contribution < -0.4 is 0 Å². The SMILES string of the molecule is CCCCCCCCCc1cccc(C)c1.O=C(O)CCCCCO. The van der Waals surface area contributed by atoms with Crippen molar-refractivity contribution in [1.29, 1.82) is 0 Å². The van der Waals surface area contributed by atoms with E-state index < -0.39 is 5.97 Å². The van der Waals surface area contributed by atoms with Crippen LogP contribution in [-0.2, 0) is 11.2 Å². The Morgan fingerprint density at radius 3 is 2.16 bits per heavy atom. The summed E-state index contributed by atoms with van der Waals surface area (Å²) in [5, 5.41) is 16.4. The molecule has 1 aromatic rings. The molecular weight excluding hydrogens is 312 g/mol. The predicted molar refractivity (Wildman–Crippen MR) is 106 cm³/mol. The maximum atomic E-state index is 9.90. The normalized spacial score (nSPS) is 10.2. The number of benzene rings is 1. The van der Waals surface area contributed by atoms with Gasteiger partial charge in [-0.05, 0) is 38.2 Å². The maximum Gasteiger partial charge on any atom is 0.303 e. The summed E-state index contributed by atoms with van der Waals surface area (Å²) in [4.78, 5) is 9.90. The highest BCUT2D eigenvalue weighted by atomic mass is 16.4. The highest BCUT2D eigenvalue weighted by Crippen LogP contribution is 2.11. The fourth-order valence-electron chi connectivity index (χ4n) is 2.72. The van der Waals surface area contributed by atoms with Crippen molar-refractivity contribution in [2.45, 2.75) is 90.9 Å². The molecule has 3 heteroatoms. The van der Waals surface area contributed by atoms with E-state index >= 15 is 0 Å². The first kappa shape index (κ1) is 23.6. The summed E-state index contributed by atoms with van der Waals surface area (Å²) in [7, 11) is 0. The Balaban J connectivity index is 0.000000547. The van der Waals surface area contributed by atoms with E-state index in [2.05, 4.69) is 38.1 Å². The second-order valence-electron chi connectivity index (χ2n) is 6.79. The van der Waals surface area contributed by atoms with E-state index in [4.69, 9.17) is 10.2 Å². The summed E-state index contributed by atoms with van der Waals surface area (Å²) in [6.07, 6.45) is 13.5. The Morgan fingerprint density at radius 1 is 0.920 bits per heavy atom. The van der Waals surface area contributed by atoms with Crippen LogP contribution in [0.2, 0.25) is 0 Å². The smallest absolute Gasteiger partial charge is 0.303 e. The molecule has 1 aromatic carbocycles. The lowest BCUT2D eigenvalue weighted by molar-refractivity contribution is -0.137. The minimum atomic E-state index is -0.757. The molecule has 0 aliphatic heterocycles. The van der Waals surface area contributed by atoms with Gasteiger partial charge in [0.2, 0.25) is 0 Å². The lowest BCUT2D eigenvalue weighted by atomic mass is 10.0. The summed E-state index contributed by atoms with van der Waals surface area (Å²) >= 11 is 0. The first-order valence-electron chi connectivity index (χ1n) is 9.98. The molecule has 3 nitrogen and oxygen atoms in total. The Hall–Kier alpha value is -1.35. The van der Waals surface area contributed by atoms with E-state index in [1.807, 2.05) is 0 Å². The lowest BCUT2D eigenvalue weighted by Gasteiger charge is -2.03. The van der Waals surface area contributed by atoms with Crippen molar-refractivity contribution in [3.8, 4) is 0 Å². The van der Waals surface area contributed by atoms with E-state index in [-0.39, 0.29) is 13.0 Å². The van der Waals surface area contributed by atoms with Gasteiger partial charge >= 0.3 is 5.97 Å². The molecule has 0 spiro atoms. The number of carboxylic acid groups (broad SMARTS) is 1. The molecule has 0 amide bonds. The third-order valence-corrected chi connectivity index (χ3v) is 4.20. The van der Waals surface area contributed by atoms with Gasteiger partial charge in [0, 0.05) is 13.0 Å². The van der Waals surface area contributed by atoms with Gasteiger partial charge in [0.05, 0.1) is 0 Å². The molecule has 0 saturated carbocycles. The standard InChI is InChI=1S/C16H26.C6H12O3/c1-3-4-5-6-7-8-9-12-16-13-10-11-15(2)14-16;7-5-3-1-2-4-6(8)9/h10-11,13-14H,3-9,12H2,1-2H3;7H,1-5H2,(H,8,9). The zero-order valence-electron chi connectivity index (χ0n) is 16.3. The van der Waals surface area contributed by atoms with Gasteiger partial charge in [0.15, 0.2) is 0 Å². The van der Waals surface area contributed by atoms with E-state index in [0.29, 0.717) is 12.8 Å². The largest absolute Gasteiger partial charge is 0.481 e. The van der Waals surface area contributed by atoms with E-state index in [1.54, 1.807) is 0 Å². The highest BCUT2D eigenvalue weighted by molar-refractivity contribution is 5.66. The van der Waals surface area contributed by atoms with Gasteiger partial charge in [-0.2, -0.15) is 0 Å². The molecule has 0 bridgehead atoms. The van der Waals surface area contributed by atoms with E-state index in [9.17, 15) is 4.79 Å². The van der Waals surface area contributed by atoms with Crippen LogP contribution in [0.3, 0.4) is 0 Å². The molecule has 0 aliphatic carbocycles. The van der Waals surface area contributed by atoms with Crippen molar-refractivity contribution in [2.75, 3.05) is 6.61 Å². The molecule has 0 radical (unpaired) electrons. The topological polar surface area (TPSA) is 57.5 Å². The quantitative estimate of drug-likeness (QED) is 0.435. The molecule has 0 atom stereocenters. The van der Waals surface area contributed by atoms with Crippen molar-refractivity contribution < 1.29 is 15.0 Å². The molecule has 0 heterocycles. The number of hydrogen-bond donors (Lipinski definition) is 2. The Bertz CT molecular complexity index is 429. The molecular formula is C22H38O3. The van der Waals surface area contributed by atoms with Crippen LogP contribution in [0.1, 0.15) is 88.7 Å². The Kier molecular flexibility index (Phi) is 16.5. The average molecular weight is 351 g/mol. The van der Waals surface area contributed by atoms with Gasteiger partial charge in [0.25, 0.3) is 0 Å². The molecule has 144 valence electrons. The van der Waals surface area contributed by atoms with Crippen molar-refractivity contribution in [1.82, 2.24) is 0 Å². The number of aliphatic carboxylic acids is 1. The summed E-state index contributed by atoms with van der Waals surface area (Å²) in [6.45, 7) is 4.62. The third-order valence-electron chi connectivity index (χ3n) is 4.20. The number of aliphatic hydroxyl groups excluding tert-OH is 1. The van der Waals surface area contributed by atoms with Gasteiger partial charge in [0.1, 0.15) is 0 Å². The predicted octanol–water partition coefficient (Wildman–Crippen LogP) is 5.91. The molecule has 25 heavy (non-hydrogen) atoms. The number of rotatable bonds is 13. The molecule has 0 aliphatic rings. The fraction of sp³-hybridized carbons (Fsp3) is 0.682. The second kappa shape index (κ2) is 17.5. The van der Waals surface area contributed by atoms with Crippen LogP contribution >= 0.6 is 0 Å². The molecule has 0 fully saturated rings. The molecule has 1 rings (SSSR count). The van der Waals surface area contributed by atoms with Crippen molar-refractivity contribution in [2.24, 2.45) is 0 Å². The lowest BCUT2D eigenvalue weighted by Crippen LogP contribution is -1.94. The van der Waals surface area contributed by atoms with E-state index in [1.165, 1.54) is 62.5 Å². The monoisotopic (exact) mass is 350 g/mol. The summed E-state index contributed by atoms with van der Waals surface area (Å²) in [5.74, 6) is -0.757. The minimum Gasteiger partial charge on any atom is -0.481 e. The first-order chi connectivity index (χ1) is 12.1. The van der Waals surface area contributed by atoms with Crippen LogP contribution in [-0.4, -0.2) is 22.8 Å². The van der Waals surface area contributed by atoms with Gasteiger partial charge in [-0.15, -0.1) is 0 Å². The van der Waals surface area contributed by atoms with Crippen LogP contribution in [0.25, 0.3) is 0 Å². The Morgan fingerprint density at radius 2 is 1.56 bits per heavy atom. The number of aliphatic hydroxyl groups is 1. The van der Waals surface area contributed by atoms with Crippen molar-refractivity contribution in [3.05, 3.63) is 35.4 Å². The summed E-state index contributed by atoms with van der Waals surface area (Å²) in [6, 6.07) is 8.92. The Labute approximate surface area is 154 Å². The molecule has 0 saturated heterocycles. The maximum absolute atomic E-state index is 9.90. The molecule has 0 unspecified atom stereocenters. The third kappa shape index (κ3) is 17.3. The zero-order chi connectivity index (χ0) is 18.8. The number of aryl methyl sites for hydroxylation is 2. The van der Waals surface area contributed by atoms with Crippen molar-refractivity contribution >= 4 is 5.97 Å². The van der Waals surface area contributed by atoms with Gasteiger partial charge in [-0.1, -0.05) is 81.7 Å². The van der Waals surface area contributed by atoms with Gasteiger partial charge < -0.3 is 10.2 Å². The summed E-state index contributed by atoms with van der Waals surface area (Å²) < 4.78 is 0. The number of hydrogen-bond acceptors (Lipinski definition) is 2. The average Bonchev–Trinajstić information content (AvgIpc) is 2.58. The first-order valence-corrected chi connectivity index (χ1v) is 9.98. The molecule has 0 aromatic heterocycles. The van der Waals surface area contributed by atoms with Crippen LogP contribution in [0, 0.1) is 6.92 Å². The van der Waals surface area contributed by atoms with Crippen LogP contribution in [0.15, 0.2) is 24.3 Å².